The Morgan fingerprint density at radius 3 is 2.09 bits per heavy atom. The number of piperidine rings is 2. The lowest BCUT2D eigenvalue weighted by molar-refractivity contribution is 0.0845. The molecule has 0 spiro atoms. The van der Waals surface area contributed by atoms with Gasteiger partial charge in [0.25, 0.3) is 11.8 Å². The summed E-state index contributed by atoms with van der Waals surface area (Å²) in [6.07, 6.45) is 5.81. The molecule has 2 saturated heterocycles. The number of benzene rings is 1. The lowest BCUT2D eigenvalue weighted by Crippen LogP contribution is -2.42. The van der Waals surface area contributed by atoms with E-state index in [9.17, 15) is 18.0 Å². The third-order valence-corrected chi connectivity index (χ3v) is 8.35. The fourth-order valence-electron chi connectivity index (χ4n) is 4.61. The third kappa shape index (κ3) is 5.12. The summed E-state index contributed by atoms with van der Waals surface area (Å²) in [6, 6.07) is 6.34. The maximum atomic E-state index is 13.6. The molecule has 34 heavy (non-hydrogen) atoms. The second-order valence-corrected chi connectivity index (χ2v) is 10.8. The van der Waals surface area contributed by atoms with Crippen molar-refractivity contribution in [3.63, 3.8) is 0 Å². The van der Waals surface area contributed by atoms with Crippen molar-refractivity contribution in [3.05, 3.63) is 46.9 Å². The third-order valence-electron chi connectivity index (χ3n) is 6.43. The van der Waals surface area contributed by atoms with Gasteiger partial charge in [-0.2, -0.15) is 4.31 Å². The summed E-state index contributed by atoms with van der Waals surface area (Å²) in [6.45, 7) is 5.94. The van der Waals surface area contributed by atoms with Crippen molar-refractivity contribution >= 4 is 27.5 Å². The lowest BCUT2D eigenvalue weighted by atomic mass is 10.1. The standard InChI is InChI=1S/C24H32N4O5S/c1-17-15-20(18(2)33-17)24(30)26-25-23(29)19-9-10-21(27-11-5-3-6-12-27)22(16-19)34(31,32)28-13-7-4-8-14-28/h9-10,15-16H,3-8,11-14H2,1-2H3,(H,25,29)(H,26,30). The topological polar surface area (TPSA) is 112 Å². The highest BCUT2D eigenvalue weighted by atomic mass is 32.2. The molecule has 0 unspecified atom stereocenters. The van der Waals surface area contributed by atoms with Crippen molar-refractivity contribution < 1.29 is 22.4 Å². The van der Waals surface area contributed by atoms with Crippen LogP contribution in [0.4, 0.5) is 5.69 Å². The van der Waals surface area contributed by atoms with E-state index >= 15 is 0 Å². The van der Waals surface area contributed by atoms with Gasteiger partial charge >= 0.3 is 0 Å². The van der Waals surface area contributed by atoms with E-state index in [0.717, 1.165) is 51.6 Å². The van der Waals surface area contributed by atoms with Gasteiger partial charge in [0.1, 0.15) is 16.4 Å². The second-order valence-electron chi connectivity index (χ2n) is 8.93. The molecule has 10 heteroatoms. The molecule has 0 aliphatic carbocycles. The fourth-order valence-corrected chi connectivity index (χ4v) is 6.37. The van der Waals surface area contributed by atoms with Gasteiger partial charge in [-0.15, -0.1) is 0 Å². The SMILES string of the molecule is Cc1cc(C(=O)NNC(=O)c2ccc(N3CCCCC3)c(S(=O)(=O)N3CCCCC3)c2)c(C)o1. The summed E-state index contributed by atoms with van der Waals surface area (Å²) >= 11 is 0. The molecule has 9 nitrogen and oxygen atoms in total. The van der Waals surface area contributed by atoms with Gasteiger partial charge in [-0.3, -0.25) is 20.4 Å². The first-order valence-electron chi connectivity index (χ1n) is 11.8. The Kier molecular flexibility index (Phi) is 7.27. The minimum absolute atomic E-state index is 0.150. The van der Waals surface area contributed by atoms with E-state index < -0.39 is 21.8 Å². The zero-order chi connectivity index (χ0) is 24.3. The Labute approximate surface area is 200 Å². The van der Waals surface area contributed by atoms with Gasteiger partial charge in [0.15, 0.2) is 0 Å². The van der Waals surface area contributed by atoms with E-state index in [1.807, 2.05) is 0 Å². The fraction of sp³-hybridized carbons (Fsp3) is 0.500. The highest BCUT2D eigenvalue weighted by Gasteiger charge is 2.31. The molecule has 0 radical (unpaired) electrons. The number of nitrogens with one attached hydrogen (secondary N) is 2. The summed E-state index contributed by atoms with van der Waals surface area (Å²) in [7, 11) is -3.76. The number of hydrogen-bond donors (Lipinski definition) is 2. The molecule has 2 aromatic rings. The predicted molar refractivity (Wildman–Crippen MR) is 128 cm³/mol. The molecule has 184 valence electrons. The van der Waals surface area contributed by atoms with Gasteiger partial charge in [0.2, 0.25) is 10.0 Å². The van der Waals surface area contributed by atoms with Crippen molar-refractivity contribution in [1.29, 1.82) is 0 Å². The maximum Gasteiger partial charge on any atom is 0.273 e. The normalized spacial score (nSPS) is 17.4. The van der Waals surface area contributed by atoms with Crippen LogP contribution in [-0.4, -0.2) is 50.7 Å². The minimum Gasteiger partial charge on any atom is -0.466 e. The Balaban J connectivity index is 1.59. The van der Waals surface area contributed by atoms with Crippen LogP contribution < -0.4 is 15.8 Å². The first kappa shape index (κ1) is 24.3. The lowest BCUT2D eigenvalue weighted by Gasteiger charge is -2.33. The molecular weight excluding hydrogens is 456 g/mol. The monoisotopic (exact) mass is 488 g/mol. The van der Waals surface area contributed by atoms with Gasteiger partial charge < -0.3 is 9.32 Å². The number of hydrazine groups is 1. The average Bonchev–Trinajstić information content (AvgIpc) is 3.20. The molecule has 4 rings (SSSR count). The number of aryl methyl sites for hydroxylation is 2. The summed E-state index contributed by atoms with van der Waals surface area (Å²) < 4.78 is 34.1. The molecule has 2 amide bonds. The molecule has 0 bridgehead atoms. The van der Waals surface area contributed by atoms with E-state index in [4.69, 9.17) is 4.42 Å². The van der Waals surface area contributed by atoms with Crippen molar-refractivity contribution in [2.75, 3.05) is 31.1 Å². The molecule has 2 aliphatic heterocycles. The molecule has 2 fully saturated rings. The second kappa shape index (κ2) is 10.2. The summed E-state index contributed by atoms with van der Waals surface area (Å²) in [5.74, 6) is -0.0554. The number of hydrogen-bond acceptors (Lipinski definition) is 6. The largest absolute Gasteiger partial charge is 0.466 e. The van der Waals surface area contributed by atoms with Crippen molar-refractivity contribution in [1.82, 2.24) is 15.2 Å². The number of amides is 2. The molecule has 1 aromatic heterocycles. The molecule has 0 saturated carbocycles. The van der Waals surface area contributed by atoms with Gasteiger partial charge in [0, 0.05) is 31.7 Å². The van der Waals surface area contributed by atoms with Crippen LogP contribution in [0.5, 0.6) is 0 Å². The van der Waals surface area contributed by atoms with Crippen LogP contribution >= 0.6 is 0 Å². The number of sulfonamides is 1. The van der Waals surface area contributed by atoms with E-state index in [1.165, 1.54) is 10.4 Å². The highest BCUT2D eigenvalue weighted by Crippen LogP contribution is 2.32. The zero-order valence-electron chi connectivity index (χ0n) is 19.7. The van der Waals surface area contributed by atoms with Crippen LogP contribution in [0, 0.1) is 13.8 Å². The van der Waals surface area contributed by atoms with Gasteiger partial charge in [-0.1, -0.05) is 6.42 Å². The smallest absolute Gasteiger partial charge is 0.273 e. The summed E-state index contributed by atoms with van der Waals surface area (Å²) in [5.41, 5.74) is 5.89. The number of nitrogens with zero attached hydrogens (tertiary/aromatic N) is 2. The maximum absolute atomic E-state index is 13.6. The summed E-state index contributed by atoms with van der Waals surface area (Å²) in [4.78, 5) is 27.5. The van der Waals surface area contributed by atoms with Crippen LogP contribution in [0.2, 0.25) is 0 Å². The van der Waals surface area contributed by atoms with Crippen LogP contribution in [0.15, 0.2) is 33.6 Å². The average molecular weight is 489 g/mol. The first-order chi connectivity index (χ1) is 16.3. The van der Waals surface area contributed by atoms with Crippen molar-refractivity contribution in [2.24, 2.45) is 0 Å². The number of rotatable bonds is 5. The Morgan fingerprint density at radius 2 is 1.47 bits per heavy atom. The number of anilines is 1. The van der Waals surface area contributed by atoms with Gasteiger partial charge in [-0.05, 0) is 70.2 Å². The summed E-state index contributed by atoms with van der Waals surface area (Å²) in [5, 5.41) is 0. The van der Waals surface area contributed by atoms with Crippen LogP contribution in [-0.2, 0) is 10.0 Å². The van der Waals surface area contributed by atoms with Crippen LogP contribution in [0.25, 0.3) is 0 Å². The Hall–Kier alpha value is -2.85. The minimum atomic E-state index is -3.76. The van der Waals surface area contributed by atoms with Crippen LogP contribution in [0.1, 0.15) is 70.8 Å². The first-order valence-corrected chi connectivity index (χ1v) is 13.3. The van der Waals surface area contributed by atoms with Gasteiger partial charge in [0.05, 0.1) is 11.3 Å². The zero-order valence-corrected chi connectivity index (χ0v) is 20.5. The van der Waals surface area contributed by atoms with Crippen molar-refractivity contribution in [2.45, 2.75) is 57.3 Å². The van der Waals surface area contributed by atoms with E-state index in [2.05, 4.69) is 15.8 Å². The molecule has 3 heterocycles. The van der Waals surface area contributed by atoms with Crippen molar-refractivity contribution in [3.8, 4) is 0 Å². The molecule has 2 N–H and O–H groups in total. The number of furan rings is 1. The van der Waals surface area contributed by atoms with Gasteiger partial charge in [-0.25, -0.2) is 8.42 Å². The Bertz CT molecular complexity index is 1160. The number of carbonyl (C=O) groups excluding carboxylic acids is 2. The predicted octanol–water partition coefficient (Wildman–Crippen LogP) is 3.14. The molecule has 1 aromatic carbocycles. The molecule has 0 atom stereocenters. The van der Waals surface area contributed by atoms with E-state index in [0.29, 0.717) is 35.9 Å². The highest BCUT2D eigenvalue weighted by molar-refractivity contribution is 7.89. The molecular formula is C24H32N4O5S. The number of carbonyl (C=O) groups is 2. The van der Waals surface area contributed by atoms with E-state index in [1.54, 1.807) is 32.0 Å². The van der Waals surface area contributed by atoms with Crippen LogP contribution in [0.3, 0.4) is 0 Å². The molecule has 2 aliphatic rings. The quantitative estimate of drug-likeness (QED) is 0.626. The Morgan fingerprint density at radius 1 is 0.853 bits per heavy atom. The van der Waals surface area contributed by atoms with E-state index in [-0.39, 0.29) is 10.5 Å².